The van der Waals surface area contributed by atoms with Gasteiger partial charge in [0.1, 0.15) is 18.1 Å². The van der Waals surface area contributed by atoms with Gasteiger partial charge in [0.05, 0.1) is 5.92 Å². The lowest BCUT2D eigenvalue weighted by Gasteiger charge is -2.36. The van der Waals surface area contributed by atoms with Gasteiger partial charge in [-0.1, -0.05) is 91.1 Å². The summed E-state index contributed by atoms with van der Waals surface area (Å²) < 4.78 is 52.7. The van der Waals surface area contributed by atoms with Crippen LogP contribution >= 0.6 is 0 Å². The molecule has 74 heavy (non-hydrogen) atoms. The summed E-state index contributed by atoms with van der Waals surface area (Å²) in [6.45, 7) is 31.1. The molecule has 2 aromatic carbocycles. The SMILES string of the molecule is C=CS(=O)(=O)N1CCC(C(=O)N(c2ccc(C(C)(C)C)cc2)C(C(=O)NC(C)(C)C)c2cccnc2)C1.C=CS(=O)(=O)N1CCCC1C(=O)N(c1ccc(C(C)(C)C)cc1)C(C(=O)NC(C)(C)C)c1cccnc1. The third-order valence-electron chi connectivity index (χ3n) is 12.6. The van der Waals surface area contributed by atoms with E-state index in [9.17, 15) is 36.0 Å². The number of hydrogen-bond donors (Lipinski definition) is 2. The van der Waals surface area contributed by atoms with Gasteiger partial charge in [-0.05, 0) is 119 Å². The Labute approximate surface area is 439 Å². The van der Waals surface area contributed by atoms with Crippen LogP contribution in [0.3, 0.4) is 0 Å². The molecule has 6 rings (SSSR count). The summed E-state index contributed by atoms with van der Waals surface area (Å²) in [6.07, 6.45) is 7.59. The fraction of sp³-hybridized carbons (Fsp3) is 0.464. The van der Waals surface area contributed by atoms with E-state index >= 15 is 0 Å². The molecule has 2 N–H and O–H groups in total. The van der Waals surface area contributed by atoms with Crippen LogP contribution in [-0.2, 0) is 50.1 Å². The van der Waals surface area contributed by atoms with Crippen molar-refractivity contribution in [2.24, 2.45) is 5.92 Å². The van der Waals surface area contributed by atoms with Crippen molar-refractivity contribution >= 4 is 55.1 Å². The maximum atomic E-state index is 14.3. The van der Waals surface area contributed by atoms with Crippen LogP contribution in [0.2, 0.25) is 0 Å². The van der Waals surface area contributed by atoms with Gasteiger partial charge >= 0.3 is 0 Å². The summed E-state index contributed by atoms with van der Waals surface area (Å²) in [4.78, 5) is 67.3. The Balaban J connectivity index is 0.000000274. The third-order valence-corrected chi connectivity index (χ3v) is 15.6. The predicted octanol–water partition coefficient (Wildman–Crippen LogP) is 8.47. The number of carbonyl (C=O) groups is 4. The minimum atomic E-state index is -3.84. The number of sulfonamides is 2. The molecule has 0 radical (unpaired) electrons. The molecule has 2 aromatic heterocycles. The molecule has 0 spiro atoms. The van der Waals surface area contributed by atoms with Crippen LogP contribution in [0.1, 0.15) is 137 Å². The second-order valence-corrected chi connectivity index (χ2v) is 26.6. The lowest BCUT2D eigenvalue weighted by Crippen LogP contribution is -2.53. The van der Waals surface area contributed by atoms with Gasteiger partial charge in [-0.15, -0.1) is 0 Å². The number of benzene rings is 2. The van der Waals surface area contributed by atoms with Crippen molar-refractivity contribution < 1.29 is 36.0 Å². The number of nitrogens with one attached hydrogen (secondary N) is 2. The average Bonchev–Trinajstić information content (AvgIpc) is 4.04. The Bertz CT molecular complexity index is 2850. The number of rotatable bonds is 14. The van der Waals surface area contributed by atoms with Gasteiger partial charge in [-0.2, -0.15) is 8.61 Å². The second kappa shape index (κ2) is 23.2. The van der Waals surface area contributed by atoms with E-state index in [1.807, 2.05) is 90.1 Å². The first-order chi connectivity index (χ1) is 34.3. The van der Waals surface area contributed by atoms with Crippen molar-refractivity contribution in [3.63, 3.8) is 0 Å². The van der Waals surface area contributed by atoms with Crippen molar-refractivity contribution in [2.75, 3.05) is 29.4 Å². The normalized spacial score (nSPS) is 17.7. The molecule has 2 fully saturated rings. The summed E-state index contributed by atoms with van der Waals surface area (Å²) in [6, 6.07) is 19.1. The Kier molecular flexibility index (Phi) is 18.4. The van der Waals surface area contributed by atoms with E-state index in [0.717, 1.165) is 21.9 Å². The number of amides is 4. The molecule has 4 heterocycles. The highest BCUT2D eigenvalue weighted by Gasteiger charge is 2.45. The van der Waals surface area contributed by atoms with Crippen molar-refractivity contribution in [2.45, 2.75) is 142 Å². The maximum absolute atomic E-state index is 14.3. The standard InChI is InChI=1S/2C28H38N4O4S/c1-8-37(35,36)31-18-10-12-23(31)26(34)32(22-15-13-21(14-16-22)27(2,3)4)24(20-11-9-17-29-19-20)25(33)30-28(5,6)7;1-8-37(35,36)31-17-15-21(19-31)26(34)32(23-13-11-22(12-14-23)27(2,3)4)24(20-10-9-16-29-18-20)25(33)30-28(5,6)7/h8-9,11,13-17,19,23-24H,1,10,12,18H2,2-7H3,(H,30,33);8-14,16,18,21,24H,1,15,17,19H2,2-7H3,(H,30,33). The fourth-order valence-electron chi connectivity index (χ4n) is 8.85. The van der Waals surface area contributed by atoms with Gasteiger partial charge in [-0.25, -0.2) is 16.8 Å². The molecule has 2 aliphatic heterocycles. The maximum Gasteiger partial charge on any atom is 0.248 e. The molecule has 400 valence electrons. The summed E-state index contributed by atoms with van der Waals surface area (Å²) in [5.41, 5.74) is 2.99. The Hall–Kier alpha value is -6.08. The molecule has 4 atom stereocenters. The van der Waals surface area contributed by atoms with E-state index < -0.39 is 61.1 Å². The largest absolute Gasteiger partial charge is 0.349 e. The first kappa shape index (κ1) is 58.8. The molecule has 16 nitrogen and oxygen atoms in total. The molecule has 0 bridgehead atoms. The van der Waals surface area contributed by atoms with Gasteiger partial charge in [0.15, 0.2) is 0 Å². The highest BCUT2D eigenvalue weighted by Crippen LogP contribution is 2.37. The summed E-state index contributed by atoms with van der Waals surface area (Å²) >= 11 is 0. The smallest absolute Gasteiger partial charge is 0.248 e. The quantitative estimate of drug-likeness (QED) is 0.124. The highest BCUT2D eigenvalue weighted by atomic mass is 32.2. The highest BCUT2D eigenvalue weighted by molar-refractivity contribution is 7.92. The minimum absolute atomic E-state index is 0.0322. The topological polar surface area (TPSA) is 199 Å². The van der Waals surface area contributed by atoms with E-state index in [4.69, 9.17) is 0 Å². The first-order valence-electron chi connectivity index (χ1n) is 24.9. The Morgan fingerprint density at radius 1 is 0.608 bits per heavy atom. The van der Waals surface area contributed by atoms with E-state index in [0.29, 0.717) is 41.8 Å². The van der Waals surface area contributed by atoms with Crippen LogP contribution in [-0.4, -0.2) is 95.8 Å². The molecule has 0 aliphatic carbocycles. The van der Waals surface area contributed by atoms with Gasteiger partial charge in [0.2, 0.25) is 43.7 Å². The Morgan fingerprint density at radius 3 is 1.39 bits per heavy atom. The molecule has 4 aromatic rings. The van der Waals surface area contributed by atoms with Crippen molar-refractivity contribution in [1.82, 2.24) is 29.2 Å². The first-order valence-corrected chi connectivity index (χ1v) is 27.9. The molecule has 4 unspecified atom stereocenters. The second-order valence-electron chi connectivity index (χ2n) is 22.9. The van der Waals surface area contributed by atoms with E-state index in [-0.39, 0.29) is 48.2 Å². The van der Waals surface area contributed by atoms with Gasteiger partial charge < -0.3 is 10.6 Å². The number of anilines is 2. The molecule has 2 aliphatic rings. The number of carbonyl (C=O) groups excluding carboxylic acids is 4. The summed E-state index contributed by atoms with van der Waals surface area (Å²) in [7, 11) is -7.49. The summed E-state index contributed by atoms with van der Waals surface area (Å²) in [5.74, 6) is -2.13. The zero-order chi connectivity index (χ0) is 55.2. The van der Waals surface area contributed by atoms with Gasteiger partial charge in [-0.3, -0.25) is 38.9 Å². The lowest BCUT2D eigenvalue weighted by atomic mass is 9.87. The summed E-state index contributed by atoms with van der Waals surface area (Å²) in [5, 5.41) is 7.77. The van der Waals surface area contributed by atoms with Crippen molar-refractivity contribution in [3.8, 4) is 0 Å². The Morgan fingerprint density at radius 2 is 1.03 bits per heavy atom. The molecule has 0 saturated carbocycles. The van der Waals surface area contributed by atoms with Crippen molar-refractivity contribution in [1.29, 1.82) is 0 Å². The zero-order valence-electron chi connectivity index (χ0n) is 45.1. The van der Waals surface area contributed by atoms with E-state index in [1.165, 1.54) is 18.4 Å². The van der Waals surface area contributed by atoms with Gasteiger partial charge in [0.25, 0.3) is 0 Å². The monoisotopic (exact) mass is 1050 g/mol. The van der Waals surface area contributed by atoms with Crippen LogP contribution in [0.25, 0.3) is 0 Å². The van der Waals surface area contributed by atoms with Crippen LogP contribution in [0.4, 0.5) is 11.4 Å². The zero-order valence-corrected chi connectivity index (χ0v) is 46.8. The predicted molar refractivity (Wildman–Crippen MR) is 293 cm³/mol. The molecule has 4 amide bonds. The van der Waals surface area contributed by atoms with Crippen molar-refractivity contribution in [3.05, 3.63) is 144 Å². The molecule has 2 saturated heterocycles. The number of hydrogen-bond acceptors (Lipinski definition) is 10. The van der Waals surface area contributed by atoms with E-state index in [1.54, 1.807) is 49.1 Å². The number of aromatic nitrogens is 2. The van der Waals surface area contributed by atoms with Gasteiger partial charge in [0, 0.05) is 88.8 Å². The van der Waals surface area contributed by atoms with Crippen LogP contribution in [0.5, 0.6) is 0 Å². The molecular formula is C56H76N8O8S2. The number of pyridine rings is 2. The van der Waals surface area contributed by atoms with Crippen LogP contribution < -0.4 is 20.4 Å². The van der Waals surface area contributed by atoms with Crippen LogP contribution in [0.15, 0.2) is 122 Å². The van der Waals surface area contributed by atoms with E-state index in [2.05, 4.69) is 75.3 Å². The average molecular weight is 1050 g/mol. The molecule has 18 heteroatoms. The third kappa shape index (κ3) is 14.8. The number of nitrogens with zero attached hydrogens (tertiary/aromatic N) is 6. The fourth-order valence-corrected chi connectivity index (χ4v) is 10.9. The lowest BCUT2D eigenvalue weighted by molar-refractivity contribution is -0.129. The van der Waals surface area contributed by atoms with Crippen LogP contribution in [0, 0.1) is 5.92 Å². The molecular weight excluding hydrogens is 977 g/mol. The minimum Gasteiger partial charge on any atom is -0.349 e.